The number of methoxy groups -OCH3 is 1. The van der Waals surface area contributed by atoms with Crippen LogP contribution in [0.1, 0.15) is 19.4 Å². The topological polar surface area (TPSA) is 98.1 Å². The lowest BCUT2D eigenvalue weighted by Crippen LogP contribution is -2.50. The van der Waals surface area contributed by atoms with Crippen LogP contribution in [0.2, 0.25) is 0 Å². The van der Waals surface area contributed by atoms with Crippen LogP contribution in [-0.4, -0.2) is 46.1 Å². The molecule has 2 heterocycles. The number of rotatable bonds is 8. The Kier molecular flexibility index (Phi) is 6.64. The number of imidazole rings is 1. The number of hydrogen-bond acceptors (Lipinski definition) is 5. The molecular formula is C17H23N5O3. The summed E-state index contributed by atoms with van der Waals surface area (Å²) in [6.07, 6.45) is 6.80. The van der Waals surface area contributed by atoms with Crippen LogP contribution >= 0.6 is 0 Å². The van der Waals surface area contributed by atoms with Gasteiger partial charge in [-0.05, 0) is 23.6 Å². The Morgan fingerprint density at radius 1 is 1.32 bits per heavy atom. The summed E-state index contributed by atoms with van der Waals surface area (Å²) in [6, 6.07) is 3.09. The maximum Gasteiger partial charge on any atom is 0.246 e. The predicted molar refractivity (Wildman–Crippen MR) is 91.9 cm³/mol. The number of aromatic nitrogens is 3. The first-order valence-corrected chi connectivity index (χ1v) is 8.00. The molecule has 2 N–H and O–H groups in total. The molecule has 2 aromatic rings. The minimum absolute atomic E-state index is 0.0419. The number of nitrogens with one attached hydrogen (secondary N) is 2. The van der Waals surface area contributed by atoms with E-state index < -0.39 is 6.04 Å². The lowest BCUT2D eigenvalue weighted by Gasteiger charge is -2.21. The number of carbonyl (C=O) groups is 2. The molecule has 0 spiro atoms. The van der Waals surface area contributed by atoms with E-state index in [0.717, 1.165) is 11.4 Å². The molecule has 0 aromatic carbocycles. The van der Waals surface area contributed by atoms with E-state index in [2.05, 4.69) is 20.6 Å². The van der Waals surface area contributed by atoms with Gasteiger partial charge in [-0.3, -0.25) is 14.2 Å². The molecular weight excluding hydrogens is 322 g/mol. The van der Waals surface area contributed by atoms with E-state index in [1.165, 1.54) is 7.11 Å². The molecule has 134 valence electrons. The highest BCUT2D eigenvalue weighted by molar-refractivity contribution is 5.88. The molecule has 0 aliphatic rings. The molecule has 0 unspecified atom stereocenters. The number of carbonyl (C=O) groups excluding carboxylic acids is 2. The molecule has 0 saturated carbocycles. The van der Waals surface area contributed by atoms with E-state index in [1.807, 2.05) is 26.0 Å². The number of ether oxygens (including phenoxy) is 1. The maximum absolute atomic E-state index is 12.4. The summed E-state index contributed by atoms with van der Waals surface area (Å²) in [5.74, 6) is 0.126. The van der Waals surface area contributed by atoms with Crippen molar-refractivity contribution in [1.82, 2.24) is 25.2 Å². The standard InChI is InChI=1S/C17H23N5O3/c1-12(2)16(21-15(23)10-25-3)17(24)20-9-13-4-5-19-14(8-13)22-7-6-18-11-22/h4-8,11-12,16H,9-10H2,1-3H3,(H,20,24)(H,21,23)/t16-/m0/s1. The van der Waals surface area contributed by atoms with Gasteiger partial charge in [-0.15, -0.1) is 0 Å². The van der Waals surface area contributed by atoms with E-state index >= 15 is 0 Å². The SMILES string of the molecule is COCC(=O)N[C@H](C(=O)NCc1ccnc(-n2ccnc2)c1)C(C)C. The predicted octanol–water partition coefficient (Wildman–Crippen LogP) is 0.671. The monoisotopic (exact) mass is 345 g/mol. The Hall–Kier alpha value is -2.74. The Labute approximate surface area is 146 Å². The highest BCUT2D eigenvalue weighted by atomic mass is 16.5. The summed E-state index contributed by atoms with van der Waals surface area (Å²) in [7, 11) is 1.44. The van der Waals surface area contributed by atoms with Crippen LogP contribution in [0, 0.1) is 5.92 Å². The minimum Gasteiger partial charge on any atom is -0.375 e. The average Bonchev–Trinajstić information content (AvgIpc) is 3.12. The van der Waals surface area contributed by atoms with Crippen LogP contribution < -0.4 is 10.6 Å². The summed E-state index contributed by atoms with van der Waals surface area (Å²) in [5, 5.41) is 5.54. The van der Waals surface area contributed by atoms with Crippen LogP contribution in [0.25, 0.3) is 5.82 Å². The zero-order valence-corrected chi connectivity index (χ0v) is 14.6. The summed E-state index contributed by atoms with van der Waals surface area (Å²) >= 11 is 0. The largest absolute Gasteiger partial charge is 0.375 e. The zero-order chi connectivity index (χ0) is 18.2. The van der Waals surface area contributed by atoms with Gasteiger partial charge in [-0.25, -0.2) is 9.97 Å². The summed E-state index contributed by atoms with van der Waals surface area (Å²) < 4.78 is 6.57. The van der Waals surface area contributed by atoms with E-state index in [0.29, 0.717) is 6.54 Å². The Balaban J connectivity index is 1.98. The summed E-state index contributed by atoms with van der Waals surface area (Å²) in [5.41, 5.74) is 0.901. The second kappa shape index (κ2) is 8.93. The van der Waals surface area contributed by atoms with Gasteiger partial charge in [-0.2, -0.15) is 0 Å². The van der Waals surface area contributed by atoms with E-state index in [4.69, 9.17) is 4.74 Å². The van der Waals surface area contributed by atoms with Crippen LogP contribution in [-0.2, 0) is 20.9 Å². The Morgan fingerprint density at radius 2 is 2.12 bits per heavy atom. The lowest BCUT2D eigenvalue weighted by molar-refractivity contribution is -0.132. The van der Waals surface area contributed by atoms with Crippen molar-refractivity contribution < 1.29 is 14.3 Å². The third-order valence-corrected chi connectivity index (χ3v) is 3.59. The molecule has 0 saturated heterocycles. The highest BCUT2D eigenvalue weighted by Crippen LogP contribution is 2.08. The number of amides is 2. The normalized spacial score (nSPS) is 12.0. The number of nitrogens with zero attached hydrogens (tertiary/aromatic N) is 3. The van der Waals surface area contributed by atoms with Crippen molar-refractivity contribution >= 4 is 11.8 Å². The molecule has 0 aliphatic heterocycles. The highest BCUT2D eigenvalue weighted by Gasteiger charge is 2.23. The Bertz CT molecular complexity index is 700. The first-order valence-electron chi connectivity index (χ1n) is 8.00. The van der Waals surface area contributed by atoms with E-state index in [1.54, 1.807) is 29.5 Å². The fourth-order valence-electron chi connectivity index (χ4n) is 2.29. The summed E-state index contributed by atoms with van der Waals surface area (Å²) in [4.78, 5) is 32.4. The molecule has 8 nitrogen and oxygen atoms in total. The third kappa shape index (κ3) is 5.39. The zero-order valence-electron chi connectivity index (χ0n) is 14.6. The van der Waals surface area contributed by atoms with Gasteiger partial charge in [0.2, 0.25) is 11.8 Å². The van der Waals surface area contributed by atoms with Gasteiger partial charge >= 0.3 is 0 Å². The van der Waals surface area contributed by atoms with E-state index in [9.17, 15) is 9.59 Å². The van der Waals surface area contributed by atoms with E-state index in [-0.39, 0.29) is 24.3 Å². The third-order valence-electron chi connectivity index (χ3n) is 3.59. The molecule has 1 atom stereocenters. The molecule has 0 radical (unpaired) electrons. The van der Waals surface area contributed by atoms with Gasteiger partial charge < -0.3 is 15.4 Å². The van der Waals surface area contributed by atoms with Gasteiger partial charge in [0.25, 0.3) is 0 Å². The molecule has 8 heteroatoms. The fraction of sp³-hybridized carbons (Fsp3) is 0.412. The average molecular weight is 345 g/mol. The first-order chi connectivity index (χ1) is 12.0. The van der Waals surface area contributed by atoms with Crippen molar-refractivity contribution in [2.45, 2.75) is 26.4 Å². The van der Waals surface area contributed by atoms with Crippen LogP contribution in [0.15, 0.2) is 37.1 Å². The van der Waals surface area contributed by atoms with Crippen LogP contribution in [0.5, 0.6) is 0 Å². The molecule has 0 aliphatic carbocycles. The maximum atomic E-state index is 12.4. The lowest BCUT2D eigenvalue weighted by atomic mass is 10.0. The van der Waals surface area contributed by atoms with Crippen molar-refractivity contribution in [2.24, 2.45) is 5.92 Å². The molecule has 0 bridgehead atoms. The molecule has 0 fully saturated rings. The first kappa shape index (κ1) is 18.6. The number of pyridine rings is 1. The van der Waals surface area contributed by atoms with Gasteiger partial charge in [0.05, 0.1) is 0 Å². The molecule has 25 heavy (non-hydrogen) atoms. The second-order valence-corrected chi connectivity index (χ2v) is 5.93. The smallest absolute Gasteiger partial charge is 0.246 e. The van der Waals surface area contributed by atoms with Crippen LogP contribution in [0.4, 0.5) is 0 Å². The van der Waals surface area contributed by atoms with Gasteiger partial charge in [0.15, 0.2) is 0 Å². The minimum atomic E-state index is -0.613. The van der Waals surface area contributed by atoms with Crippen molar-refractivity contribution in [3.63, 3.8) is 0 Å². The number of hydrogen-bond donors (Lipinski definition) is 2. The van der Waals surface area contributed by atoms with Crippen molar-refractivity contribution in [2.75, 3.05) is 13.7 Å². The molecule has 2 aromatic heterocycles. The van der Waals surface area contributed by atoms with Crippen LogP contribution in [0.3, 0.4) is 0 Å². The van der Waals surface area contributed by atoms with Gasteiger partial charge in [0.1, 0.15) is 24.8 Å². The molecule has 2 amide bonds. The van der Waals surface area contributed by atoms with Gasteiger partial charge in [0, 0.05) is 32.2 Å². The fourth-order valence-corrected chi connectivity index (χ4v) is 2.29. The van der Waals surface area contributed by atoms with Crippen molar-refractivity contribution in [1.29, 1.82) is 0 Å². The summed E-state index contributed by atoms with van der Waals surface area (Å²) in [6.45, 7) is 4.02. The van der Waals surface area contributed by atoms with Crippen molar-refractivity contribution in [3.8, 4) is 5.82 Å². The van der Waals surface area contributed by atoms with Crippen molar-refractivity contribution in [3.05, 3.63) is 42.6 Å². The second-order valence-electron chi connectivity index (χ2n) is 5.93. The molecule has 2 rings (SSSR count). The quantitative estimate of drug-likeness (QED) is 0.733. The van der Waals surface area contributed by atoms with Gasteiger partial charge in [-0.1, -0.05) is 13.8 Å². The Morgan fingerprint density at radius 3 is 2.76 bits per heavy atom.